The number of hydrogen-bond donors (Lipinski definition) is 2. The fourth-order valence-electron chi connectivity index (χ4n) is 2.23. The predicted molar refractivity (Wildman–Crippen MR) is 70.1 cm³/mol. The van der Waals surface area contributed by atoms with Gasteiger partial charge in [-0.15, -0.1) is 0 Å². The van der Waals surface area contributed by atoms with Crippen molar-refractivity contribution in [3.63, 3.8) is 0 Å². The quantitative estimate of drug-likeness (QED) is 0.563. The molecule has 0 heterocycles. The van der Waals surface area contributed by atoms with Crippen LogP contribution in [0.1, 0.15) is 39.5 Å². The van der Waals surface area contributed by atoms with Gasteiger partial charge in [-0.05, 0) is 31.6 Å². The molecule has 18 heavy (non-hydrogen) atoms. The first-order chi connectivity index (χ1) is 8.52. The minimum Gasteiger partial charge on any atom is -0.481 e. The number of aliphatic carboxylic acids is 1. The topological polar surface area (TPSA) is 66.4 Å². The van der Waals surface area contributed by atoms with Crippen molar-refractivity contribution in [2.75, 3.05) is 6.54 Å². The van der Waals surface area contributed by atoms with Crippen LogP contribution in [-0.2, 0) is 9.59 Å². The molecule has 102 valence electrons. The molecule has 2 atom stereocenters. The van der Waals surface area contributed by atoms with Crippen LogP contribution in [0.5, 0.6) is 0 Å². The lowest BCUT2D eigenvalue weighted by Gasteiger charge is -2.24. The van der Waals surface area contributed by atoms with Gasteiger partial charge in [0.05, 0.1) is 11.8 Å². The Bertz CT molecular complexity index is 323. The normalized spacial score (nSPS) is 23.1. The van der Waals surface area contributed by atoms with Gasteiger partial charge in [-0.1, -0.05) is 26.0 Å². The first-order valence-corrected chi connectivity index (χ1v) is 6.68. The number of carboxylic acid groups (broad SMARTS) is 1. The molecule has 0 saturated heterocycles. The highest BCUT2D eigenvalue weighted by atomic mass is 16.4. The SMILES string of the molecule is CC(C)CCCNC(=O)C1CC=CCC1C(=O)O. The van der Waals surface area contributed by atoms with E-state index in [0.29, 0.717) is 25.3 Å². The molecule has 0 aromatic heterocycles. The molecule has 0 spiro atoms. The summed E-state index contributed by atoms with van der Waals surface area (Å²) in [6.45, 7) is 4.94. The van der Waals surface area contributed by atoms with E-state index in [9.17, 15) is 9.59 Å². The van der Waals surface area contributed by atoms with E-state index in [2.05, 4.69) is 19.2 Å². The van der Waals surface area contributed by atoms with E-state index >= 15 is 0 Å². The van der Waals surface area contributed by atoms with Crippen LogP contribution in [0.4, 0.5) is 0 Å². The van der Waals surface area contributed by atoms with Gasteiger partial charge in [0.15, 0.2) is 0 Å². The van der Waals surface area contributed by atoms with Crippen LogP contribution in [0.15, 0.2) is 12.2 Å². The molecule has 0 aromatic carbocycles. The van der Waals surface area contributed by atoms with E-state index in [0.717, 1.165) is 12.8 Å². The van der Waals surface area contributed by atoms with Gasteiger partial charge in [-0.2, -0.15) is 0 Å². The number of carboxylic acids is 1. The van der Waals surface area contributed by atoms with Gasteiger partial charge in [0.25, 0.3) is 0 Å². The van der Waals surface area contributed by atoms with E-state index in [1.807, 2.05) is 12.2 Å². The summed E-state index contributed by atoms with van der Waals surface area (Å²) in [4.78, 5) is 23.0. The second-order valence-electron chi connectivity index (χ2n) is 5.32. The van der Waals surface area contributed by atoms with Crippen molar-refractivity contribution >= 4 is 11.9 Å². The van der Waals surface area contributed by atoms with Crippen molar-refractivity contribution in [2.45, 2.75) is 39.5 Å². The van der Waals surface area contributed by atoms with E-state index in [1.54, 1.807) is 0 Å². The molecule has 4 heteroatoms. The number of allylic oxidation sites excluding steroid dienone is 2. The Hall–Kier alpha value is -1.32. The second-order valence-corrected chi connectivity index (χ2v) is 5.32. The van der Waals surface area contributed by atoms with E-state index in [4.69, 9.17) is 5.11 Å². The van der Waals surface area contributed by atoms with Crippen molar-refractivity contribution in [1.29, 1.82) is 0 Å². The maximum Gasteiger partial charge on any atom is 0.307 e. The minimum atomic E-state index is -0.873. The van der Waals surface area contributed by atoms with E-state index < -0.39 is 17.8 Å². The van der Waals surface area contributed by atoms with Crippen LogP contribution in [-0.4, -0.2) is 23.5 Å². The van der Waals surface area contributed by atoms with Crippen LogP contribution >= 0.6 is 0 Å². The standard InChI is InChI=1S/C14H23NO3/c1-10(2)6-5-9-15-13(16)11-7-3-4-8-12(11)14(17)18/h3-4,10-12H,5-9H2,1-2H3,(H,15,16)(H,17,18). The molecule has 0 fully saturated rings. The molecular formula is C14H23NO3. The number of hydrogen-bond acceptors (Lipinski definition) is 2. The summed E-state index contributed by atoms with van der Waals surface area (Å²) in [6, 6.07) is 0. The van der Waals surface area contributed by atoms with Crippen molar-refractivity contribution < 1.29 is 14.7 Å². The maximum atomic E-state index is 11.9. The molecule has 2 unspecified atom stereocenters. The highest BCUT2D eigenvalue weighted by Gasteiger charge is 2.33. The van der Waals surface area contributed by atoms with Gasteiger partial charge in [-0.3, -0.25) is 9.59 Å². The average Bonchev–Trinajstić information content (AvgIpc) is 2.34. The highest BCUT2D eigenvalue weighted by Crippen LogP contribution is 2.25. The van der Waals surface area contributed by atoms with Gasteiger partial charge in [0, 0.05) is 6.54 Å². The molecule has 4 nitrogen and oxygen atoms in total. The molecule has 2 N–H and O–H groups in total. The zero-order chi connectivity index (χ0) is 13.5. The Kier molecular flexibility index (Phi) is 5.89. The molecule has 1 aliphatic rings. The van der Waals surface area contributed by atoms with Gasteiger partial charge in [0.2, 0.25) is 5.91 Å². The monoisotopic (exact) mass is 253 g/mol. The third-order valence-electron chi connectivity index (χ3n) is 3.34. The summed E-state index contributed by atoms with van der Waals surface area (Å²) in [5.41, 5.74) is 0. The Morgan fingerprint density at radius 3 is 2.44 bits per heavy atom. The first kappa shape index (κ1) is 14.7. The third kappa shape index (κ3) is 4.51. The summed E-state index contributed by atoms with van der Waals surface area (Å²) < 4.78 is 0. The molecule has 1 rings (SSSR count). The largest absolute Gasteiger partial charge is 0.481 e. The molecule has 1 amide bonds. The zero-order valence-corrected chi connectivity index (χ0v) is 11.2. The molecular weight excluding hydrogens is 230 g/mol. The summed E-state index contributed by atoms with van der Waals surface area (Å²) >= 11 is 0. The lowest BCUT2D eigenvalue weighted by atomic mass is 9.82. The number of rotatable bonds is 6. The van der Waals surface area contributed by atoms with Crippen molar-refractivity contribution in [3.8, 4) is 0 Å². The zero-order valence-electron chi connectivity index (χ0n) is 11.2. The third-order valence-corrected chi connectivity index (χ3v) is 3.34. The smallest absolute Gasteiger partial charge is 0.307 e. The predicted octanol–water partition coefficient (Wildman–Crippen LogP) is 2.21. The van der Waals surface area contributed by atoms with Crippen LogP contribution < -0.4 is 5.32 Å². The first-order valence-electron chi connectivity index (χ1n) is 6.68. The summed E-state index contributed by atoms with van der Waals surface area (Å²) in [6.07, 6.45) is 6.77. The molecule has 0 radical (unpaired) electrons. The Balaban J connectivity index is 2.39. The van der Waals surface area contributed by atoms with Gasteiger partial charge in [-0.25, -0.2) is 0 Å². The summed E-state index contributed by atoms with van der Waals surface area (Å²) in [7, 11) is 0. The van der Waals surface area contributed by atoms with Gasteiger partial charge in [0.1, 0.15) is 0 Å². The summed E-state index contributed by atoms with van der Waals surface area (Å²) in [5, 5.41) is 11.9. The fraction of sp³-hybridized carbons (Fsp3) is 0.714. The van der Waals surface area contributed by atoms with Gasteiger partial charge < -0.3 is 10.4 Å². The number of carbonyl (C=O) groups is 2. The van der Waals surface area contributed by atoms with Gasteiger partial charge >= 0.3 is 5.97 Å². The van der Waals surface area contributed by atoms with Crippen molar-refractivity contribution in [1.82, 2.24) is 5.32 Å². The number of nitrogens with one attached hydrogen (secondary N) is 1. The molecule has 1 aliphatic carbocycles. The fourth-order valence-corrected chi connectivity index (χ4v) is 2.23. The number of amides is 1. The minimum absolute atomic E-state index is 0.115. The summed E-state index contributed by atoms with van der Waals surface area (Å²) in [5.74, 6) is -1.34. The van der Waals surface area contributed by atoms with Crippen molar-refractivity contribution in [3.05, 3.63) is 12.2 Å². The Morgan fingerprint density at radius 2 is 1.89 bits per heavy atom. The highest BCUT2D eigenvalue weighted by molar-refractivity contribution is 5.85. The maximum absolute atomic E-state index is 11.9. The molecule has 0 aromatic rings. The number of carbonyl (C=O) groups excluding carboxylic acids is 1. The Morgan fingerprint density at radius 1 is 1.28 bits per heavy atom. The average molecular weight is 253 g/mol. The van der Waals surface area contributed by atoms with Crippen LogP contribution in [0.3, 0.4) is 0 Å². The second kappa shape index (κ2) is 7.19. The van der Waals surface area contributed by atoms with Crippen LogP contribution in [0, 0.1) is 17.8 Å². The van der Waals surface area contributed by atoms with Crippen LogP contribution in [0.25, 0.3) is 0 Å². The van der Waals surface area contributed by atoms with Crippen molar-refractivity contribution in [2.24, 2.45) is 17.8 Å². The van der Waals surface area contributed by atoms with E-state index in [1.165, 1.54) is 0 Å². The molecule has 0 saturated carbocycles. The van der Waals surface area contributed by atoms with E-state index in [-0.39, 0.29) is 5.91 Å². The van der Waals surface area contributed by atoms with Crippen LogP contribution in [0.2, 0.25) is 0 Å². The lowest BCUT2D eigenvalue weighted by Crippen LogP contribution is -2.39. The Labute approximate surface area is 108 Å². The lowest BCUT2D eigenvalue weighted by molar-refractivity contribution is -0.147. The molecule has 0 bridgehead atoms. The molecule has 0 aliphatic heterocycles.